The zero-order valence-corrected chi connectivity index (χ0v) is 14.4. The quantitative estimate of drug-likeness (QED) is 0.535. The molecule has 0 radical (unpaired) electrons. The van der Waals surface area contributed by atoms with Gasteiger partial charge < -0.3 is 15.0 Å². The number of hydrogen-bond acceptors (Lipinski definition) is 5. The molecule has 1 unspecified atom stereocenters. The van der Waals surface area contributed by atoms with Crippen LogP contribution in [0.2, 0.25) is 0 Å². The molecular formula is C14H28N4O3S. The Morgan fingerprint density at radius 2 is 2.05 bits per heavy atom. The zero-order valence-electron chi connectivity index (χ0n) is 13.6. The number of ether oxygens (including phenoxy) is 1. The van der Waals surface area contributed by atoms with Crippen molar-refractivity contribution >= 4 is 15.8 Å². The SMILES string of the molecule is CCS(=O)(=O)CCNC(=NC)N1CCC(N2CCOCC2)C1. The molecule has 0 bridgehead atoms. The normalized spacial score (nSPS) is 24.7. The summed E-state index contributed by atoms with van der Waals surface area (Å²) >= 11 is 0. The van der Waals surface area contributed by atoms with Crippen LogP contribution in [-0.4, -0.2) is 94.7 Å². The Morgan fingerprint density at radius 1 is 1.32 bits per heavy atom. The average molecular weight is 332 g/mol. The monoisotopic (exact) mass is 332 g/mol. The summed E-state index contributed by atoms with van der Waals surface area (Å²) in [5.41, 5.74) is 0. The van der Waals surface area contributed by atoms with Gasteiger partial charge in [-0.25, -0.2) is 8.42 Å². The number of guanidine groups is 1. The van der Waals surface area contributed by atoms with Gasteiger partial charge in [0.05, 0.1) is 19.0 Å². The van der Waals surface area contributed by atoms with Crippen LogP contribution in [0.4, 0.5) is 0 Å². The predicted octanol–water partition coefficient (Wildman–Crippen LogP) is -0.597. The van der Waals surface area contributed by atoms with Crippen molar-refractivity contribution in [1.82, 2.24) is 15.1 Å². The third kappa shape index (κ3) is 4.82. The molecule has 128 valence electrons. The number of sulfone groups is 1. The summed E-state index contributed by atoms with van der Waals surface area (Å²) in [5.74, 6) is 1.15. The highest BCUT2D eigenvalue weighted by atomic mass is 32.2. The Hall–Kier alpha value is -0.860. The van der Waals surface area contributed by atoms with Crippen molar-refractivity contribution in [3.05, 3.63) is 0 Å². The van der Waals surface area contributed by atoms with Crippen LogP contribution >= 0.6 is 0 Å². The molecule has 0 aromatic rings. The number of aliphatic imine (C=N–C) groups is 1. The molecule has 7 nitrogen and oxygen atoms in total. The van der Waals surface area contributed by atoms with Gasteiger partial charge in [0.15, 0.2) is 15.8 Å². The van der Waals surface area contributed by atoms with E-state index in [0.29, 0.717) is 12.6 Å². The molecular weight excluding hydrogens is 304 g/mol. The summed E-state index contributed by atoms with van der Waals surface area (Å²) in [4.78, 5) is 8.99. The molecule has 2 aliphatic heterocycles. The van der Waals surface area contributed by atoms with Crippen molar-refractivity contribution in [2.24, 2.45) is 4.99 Å². The molecule has 0 amide bonds. The fourth-order valence-corrected chi connectivity index (χ4v) is 3.67. The lowest BCUT2D eigenvalue weighted by Crippen LogP contribution is -2.47. The van der Waals surface area contributed by atoms with Crippen LogP contribution < -0.4 is 5.32 Å². The summed E-state index contributed by atoms with van der Waals surface area (Å²) in [5, 5.41) is 3.18. The molecule has 0 aromatic heterocycles. The lowest BCUT2D eigenvalue weighted by atomic mass is 10.2. The summed E-state index contributed by atoms with van der Waals surface area (Å²) in [6.45, 7) is 7.64. The van der Waals surface area contributed by atoms with E-state index in [0.717, 1.165) is 51.8 Å². The topological polar surface area (TPSA) is 74.2 Å². The van der Waals surface area contributed by atoms with Crippen molar-refractivity contribution in [3.63, 3.8) is 0 Å². The second-order valence-electron chi connectivity index (χ2n) is 5.75. The molecule has 1 atom stereocenters. The summed E-state index contributed by atoms with van der Waals surface area (Å²) in [6, 6.07) is 0.543. The van der Waals surface area contributed by atoms with Crippen LogP contribution in [0.25, 0.3) is 0 Å². The zero-order chi connectivity index (χ0) is 16.0. The van der Waals surface area contributed by atoms with E-state index in [9.17, 15) is 8.42 Å². The largest absolute Gasteiger partial charge is 0.379 e. The van der Waals surface area contributed by atoms with Gasteiger partial charge in [0.1, 0.15) is 0 Å². The van der Waals surface area contributed by atoms with Crippen molar-refractivity contribution in [1.29, 1.82) is 0 Å². The predicted molar refractivity (Wildman–Crippen MR) is 88.1 cm³/mol. The first kappa shape index (κ1) is 17.5. The lowest BCUT2D eigenvalue weighted by Gasteiger charge is -2.32. The van der Waals surface area contributed by atoms with E-state index < -0.39 is 9.84 Å². The maximum absolute atomic E-state index is 11.5. The second-order valence-corrected chi connectivity index (χ2v) is 8.22. The Labute approximate surface area is 133 Å². The highest BCUT2D eigenvalue weighted by Crippen LogP contribution is 2.16. The second kappa shape index (κ2) is 8.12. The Kier molecular flexibility index (Phi) is 6.46. The van der Waals surface area contributed by atoms with Gasteiger partial charge in [-0.15, -0.1) is 0 Å². The fourth-order valence-electron chi connectivity index (χ4n) is 2.97. The standard InChI is InChI=1S/C14H28N4O3S/c1-3-22(19,20)11-5-16-14(15-2)18-6-4-13(12-18)17-7-9-21-10-8-17/h13H,3-12H2,1-2H3,(H,15,16). The third-order valence-corrected chi connectivity index (χ3v) is 6.08. The third-order valence-electron chi connectivity index (χ3n) is 4.37. The lowest BCUT2D eigenvalue weighted by molar-refractivity contribution is 0.0195. The number of morpholine rings is 1. The summed E-state index contributed by atoms with van der Waals surface area (Å²) < 4.78 is 28.5. The van der Waals surface area contributed by atoms with E-state index in [2.05, 4.69) is 20.1 Å². The Balaban J connectivity index is 1.80. The van der Waals surface area contributed by atoms with Gasteiger partial charge in [-0.2, -0.15) is 0 Å². The van der Waals surface area contributed by atoms with Crippen LogP contribution in [0.3, 0.4) is 0 Å². The first-order chi connectivity index (χ1) is 10.6. The van der Waals surface area contributed by atoms with Crippen molar-refractivity contribution in [2.45, 2.75) is 19.4 Å². The molecule has 1 N–H and O–H groups in total. The molecule has 22 heavy (non-hydrogen) atoms. The number of hydrogen-bond donors (Lipinski definition) is 1. The highest BCUT2D eigenvalue weighted by molar-refractivity contribution is 7.91. The average Bonchev–Trinajstić information content (AvgIpc) is 3.02. The van der Waals surface area contributed by atoms with E-state index in [4.69, 9.17) is 4.74 Å². The van der Waals surface area contributed by atoms with Crippen LogP contribution in [0.1, 0.15) is 13.3 Å². The molecule has 0 saturated carbocycles. The van der Waals surface area contributed by atoms with Crippen molar-refractivity contribution in [3.8, 4) is 0 Å². The molecule has 0 aliphatic carbocycles. The van der Waals surface area contributed by atoms with Crippen molar-refractivity contribution < 1.29 is 13.2 Å². The molecule has 8 heteroatoms. The molecule has 0 aromatic carbocycles. The summed E-state index contributed by atoms with van der Waals surface area (Å²) in [7, 11) is -1.18. The Morgan fingerprint density at radius 3 is 2.68 bits per heavy atom. The van der Waals surface area contributed by atoms with Gasteiger partial charge in [0.2, 0.25) is 0 Å². The van der Waals surface area contributed by atoms with E-state index in [1.807, 2.05) is 0 Å². The number of rotatable bonds is 5. The molecule has 2 fully saturated rings. The van der Waals surface area contributed by atoms with E-state index in [1.165, 1.54) is 0 Å². The number of likely N-dealkylation sites (tertiary alicyclic amines) is 1. The molecule has 0 spiro atoms. The smallest absolute Gasteiger partial charge is 0.193 e. The Bertz CT molecular complexity index is 474. The first-order valence-electron chi connectivity index (χ1n) is 8.03. The van der Waals surface area contributed by atoms with Gasteiger partial charge in [0, 0.05) is 51.6 Å². The van der Waals surface area contributed by atoms with Gasteiger partial charge in [0.25, 0.3) is 0 Å². The molecule has 2 saturated heterocycles. The molecule has 2 rings (SSSR count). The van der Waals surface area contributed by atoms with Gasteiger partial charge >= 0.3 is 0 Å². The van der Waals surface area contributed by atoms with Gasteiger partial charge in [-0.1, -0.05) is 6.92 Å². The number of nitrogens with one attached hydrogen (secondary N) is 1. The minimum absolute atomic E-state index is 0.156. The van der Waals surface area contributed by atoms with Crippen LogP contribution in [0.5, 0.6) is 0 Å². The van der Waals surface area contributed by atoms with E-state index in [1.54, 1.807) is 14.0 Å². The fraction of sp³-hybridized carbons (Fsp3) is 0.929. The first-order valence-corrected chi connectivity index (χ1v) is 9.85. The minimum atomic E-state index is -2.93. The van der Waals surface area contributed by atoms with Crippen molar-refractivity contribution in [2.75, 3.05) is 64.5 Å². The summed E-state index contributed by atoms with van der Waals surface area (Å²) in [6.07, 6.45) is 1.12. The maximum Gasteiger partial charge on any atom is 0.193 e. The van der Waals surface area contributed by atoms with Gasteiger partial charge in [-0.05, 0) is 6.42 Å². The molecule has 2 aliphatic rings. The van der Waals surface area contributed by atoms with Crippen LogP contribution in [0.15, 0.2) is 4.99 Å². The van der Waals surface area contributed by atoms with E-state index in [-0.39, 0.29) is 11.5 Å². The van der Waals surface area contributed by atoms with Gasteiger partial charge in [-0.3, -0.25) is 9.89 Å². The number of nitrogens with zero attached hydrogens (tertiary/aromatic N) is 3. The van der Waals surface area contributed by atoms with E-state index >= 15 is 0 Å². The van der Waals surface area contributed by atoms with Crippen LogP contribution in [0, 0.1) is 0 Å². The molecule has 2 heterocycles. The maximum atomic E-state index is 11.5. The minimum Gasteiger partial charge on any atom is -0.379 e. The van der Waals surface area contributed by atoms with Crippen LogP contribution in [-0.2, 0) is 14.6 Å². The highest BCUT2D eigenvalue weighted by Gasteiger charge is 2.30.